The summed E-state index contributed by atoms with van der Waals surface area (Å²) in [5, 5.41) is 9.05. The highest BCUT2D eigenvalue weighted by Gasteiger charge is 2.38. The molecule has 0 N–H and O–H groups in total. The molecule has 3 rings (SSSR count). The van der Waals surface area contributed by atoms with Crippen molar-refractivity contribution in [1.82, 2.24) is 4.67 Å². The Morgan fingerprint density at radius 3 is 1.71 bits per heavy atom. The van der Waals surface area contributed by atoms with Crippen LogP contribution in [-0.4, -0.2) is 49.9 Å². The molecule has 8 heteroatoms. The van der Waals surface area contributed by atoms with Crippen molar-refractivity contribution >= 4 is 18.9 Å². The molecule has 0 aromatic heterocycles. The maximum Gasteiger partial charge on any atom is 0.169 e. The van der Waals surface area contributed by atoms with E-state index in [4.69, 9.17) is 24.0 Å². The van der Waals surface area contributed by atoms with Gasteiger partial charge in [-0.25, -0.2) is 4.67 Å². The molecule has 6 nitrogen and oxygen atoms in total. The minimum absolute atomic E-state index is 0. The maximum absolute atomic E-state index is 9.05. The summed E-state index contributed by atoms with van der Waals surface area (Å²) in [5.74, 6) is 2.31. The number of methoxy groups -OCH3 is 2. The number of hydrogen-bond donors (Lipinski definition) is 0. The predicted molar refractivity (Wildman–Crippen MR) is 173 cm³/mol. The molecule has 41 heavy (non-hydrogen) atoms. The molecule has 0 saturated heterocycles. The molecule has 0 radical (unpaired) electrons. The molecule has 1 unspecified atom stereocenters. The van der Waals surface area contributed by atoms with Crippen LogP contribution >= 0.6 is 18.9 Å². The van der Waals surface area contributed by atoms with Crippen molar-refractivity contribution in [3.05, 3.63) is 95.6 Å². The fraction of sp³-hybridized carbons (Fsp3) is 0.424. The van der Waals surface area contributed by atoms with Gasteiger partial charge < -0.3 is 18.7 Å². The van der Waals surface area contributed by atoms with E-state index in [0.29, 0.717) is 31.7 Å². The number of hydrogen-bond acceptors (Lipinski definition) is 7. The van der Waals surface area contributed by atoms with Crippen molar-refractivity contribution in [3.8, 4) is 17.6 Å². The summed E-state index contributed by atoms with van der Waals surface area (Å²) in [5.41, 5.74) is 2.20. The molecule has 0 heterocycles. The van der Waals surface area contributed by atoms with Crippen molar-refractivity contribution in [2.24, 2.45) is 0 Å². The first-order valence-electron chi connectivity index (χ1n) is 13.6. The number of nitriles is 1. The predicted octanol–water partition coefficient (Wildman–Crippen LogP) is 8.66. The maximum atomic E-state index is 9.05. The van der Waals surface area contributed by atoms with Gasteiger partial charge in [0.2, 0.25) is 0 Å². The van der Waals surface area contributed by atoms with Crippen LogP contribution in [0.15, 0.2) is 78.9 Å². The largest absolute Gasteiger partial charge is 0.497 e. The van der Waals surface area contributed by atoms with Gasteiger partial charge in [-0.2, -0.15) is 5.26 Å². The third-order valence-electron chi connectivity index (χ3n) is 6.44. The first-order chi connectivity index (χ1) is 19.4. The second-order valence-electron chi connectivity index (χ2n) is 9.73. The standard InChI is InChI=1S/C32H41N2O4PS.CH4/c1-25(2)34(26(3)4)39(38-22-10-21-33)40-24-23-37-32(27-11-8-7-9-12-27,28-13-17-30(35-5)18-14-28)29-15-19-31(36-6)20-16-29;/h7-9,11-20,25-26H,10,22-24H2,1-6H3;1H4. The Kier molecular flexibility index (Phi) is 14.7. The lowest BCUT2D eigenvalue weighted by molar-refractivity contribution is 0.0233. The lowest BCUT2D eigenvalue weighted by Gasteiger charge is -2.37. The summed E-state index contributed by atoms with van der Waals surface area (Å²) in [4.78, 5) is 0. The van der Waals surface area contributed by atoms with Gasteiger partial charge in [-0.15, -0.1) is 0 Å². The molecule has 0 fully saturated rings. The summed E-state index contributed by atoms with van der Waals surface area (Å²) in [7, 11) is 2.39. The van der Waals surface area contributed by atoms with Crippen molar-refractivity contribution in [3.63, 3.8) is 0 Å². The van der Waals surface area contributed by atoms with E-state index < -0.39 is 13.1 Å². The van der Waals surface area contributed by atoms with E-state index in [2.05, 4.69) is 74.8 Å². The summed E-state index contributed by atoms with van der Waals surface area (Å²) in [6.45, 7) is 9.67. The lowest BCUT2D eigenvalue weighted by atomic mass is 9.80. The Morgan fingerprint density at radius 1 is 0.780 bits per heavy atom. The highest BCUT2D eigenvalue weighted by Crippen LogP contribution is 2.56. The summed E-state index contributed by atoms with van der Waals surface area (Å²) in [6.07, 6.45) is 0.381. The molecular weight excluding hydrogens is 551 g/mol. The number of rotatable bonds is 16. The van der Waals surface area contributed by atoms with Gasteiger partial charge in [0.1, 0.15) is 17.1 Å². The van der Waals surface area contributed by atoms with Gasteiger partial charge in [-0.3, -0.25) is 0 Å². The number of benzene rings is 3. The molecular formula is C33H45N2O4PS. The monoisotopic (exact) mass is 596 g/mol. The minimum Gasteiger partial charge on any atom is -0.497 e. The SMILES string of the molecule is C.COc1ccc(C(OCCSP(OCCC#N)N(C(C)C)C(C)C)(c2ccccc2)c2ccc(OC)cc2)cc1. The van der Waals surface area contributed by atoms with E-state index in [-0.39, 0.29) is 7.43 Å². The van der Waals surface area contributed by atoms with E-state index in [1.54, 1.807) is 25.6 Å². The zero-order valence-corrected chi connectivity index (χ0v) is 26.1. The summed E-state index contributed by atoms with van der Waals surface area (Å²) >= 11 is 1.77. The van der Waals surface area contributed by atoms with Crippen LogP contribution in [0.4, 0.5) is 0 Å². The van der Waals surface area contributed by atoms with Crippen molar-refractivity contribution < 1.29 is 18.7 Å². The highest BCUT2D eigenvalue weighted by molar-refractivity contribution is 8.53. The average molecular weight is 597 g/mol. The normalized spacial score (nSPS) is 12.2. The molecule has 0 amide bonds. The van der Waals surface area contributed by atoms with Gasteiger partial charge in [0, 0.05) is 17.8 Å². The van der Waals surface area contributed by atoms with Crippen LogP contribution in [0.1, 0.15) is 58.2 Å². The van der Waals surface area contributed by atoms with Gasteiger partial charge in [-0.05, 0) is 68.7 Å². The zero-order valence-electron chi connectivity index (χ0n) is 24.4. The van der Waals surface area contributed by atoms with Crippen LogP contribution in [0.2, 0.25) is 0 Å². The Labute approximate surface area is 252 Å². The Morgan fingerprint density at radius 2 is 1.27 bits per heavy atom. The molecule has 3 aromatic carbocycles. The molecule has 0 saturated carbocycles. The first-order valence-corrected chi connectivity index (χ1v) is 16.4. The first kappa shape index (κ1) is 34.6. The lowest BCUT2D eigenvalue weighted by Crippen LogP contribution is -2.34. The van der Waals surface area contributed by atoms with Crippen LogP contribution in [0.5, 0.6) is 11.5 Å². The fourth-order valence-electron chi connectivity index (χ4n) is 4.70. The van der Waals surface area contributed by atoms with Gasteiger partial charge in [0.15, 0.2) is 7.50 Å². The summed E-state index contributed by atoms with van der Waals surface area (Å²) in [6, 6.07) is 29.3. The molecule has 1 atom stereocenters. The number of ether oxygens (including phenoxy) is 3. The van der Waals surface area contributed by atoms with E-state index in [1.165, 1.54) is 0 Å². The van der Waals surface area contributed by atoms with E-state index >= 15 is 0 Å². The van der Waals surface area contributed by atoms with Gasteiger partial charge >= 0.3 is 0 Å². The minimum atomic E-state index is -0.952. The van der Waals surface area contributed by atoms with Crippen LogP contribution in [0.3, 0.4) is 0 Å². The average Bonchev–Trinajstić information content (AvgIpc) is 2.97. The van der Waals surface area contributed by atoms with Crippen LogP contribution in [0, 0.1) is 11.3 Å². The second kappa shape index (κ2) is 17.4. The van der Waals surface area contributed by atoms with E-state index in [0.717, 1.165) is 33.9 Å². The zero-order chi connectivity index (χ0) is 29.0. The van der Waals surface area contributed by atoms with Crippen LogP contribution in [-0.2, 0) is 14.9 Å². The van der Waals surface area contributed by atoms with Crippen LogP contribution < -0.4 is 9.47 Å². The third-order valence-corrected chi connectivity index (χ3v) is 10.8. The molecule has 0 spiro atoms. The Bertz CT molecular complexity index is 1130. The molecule has 0 aliphatic carbocycles. The van der Waals surface area contributed by atoms with Gasteiger partial charge in [0.25, 0.3) is 0 Å². The van der Waals surface area contributed by atoms with Crippen LogP contribution in [0.25, 0.3) is 0 Å². The van der Waals surface area contributed by atoms with Crippen molar-refractivity contribution in [2.75, 3.05) is 33.2 Å². The molecule has 3 aromatic rings. The van der Waals surface area contributed by atoms with E-state index in [1.807, 2.05) is 42.5 Å². The molecule has 0 aliphatic heterocycles. The van der Waals surface area contributed by atoms with Gasteiger partial charge in [0.05, 0.1) is 39.9 Å². The topological polar surface area (TPSA) is 64.0 Å². The van der Waals surface area contributed by atoms with E-state index in [9.17, 15) is 0 Å². The van der Waals surface area contributed by atoms with Gasteiger partial charge in [-0.1, -0.05) is 73.4 Å². The fourth-order valence-corrected chi connectivity index (χ4v) is 9.03. The smallest absolute Gasteiger partial charge is 0.169 e. The third kappa shape index (κ3) is 8.95. The van der Waals surface area contributed by atoms with Crippen molar-refractivity contribution in [1.29, 1.82) is 5.26 Å². The number of nitrogens with zero attached hydrogens (tertiary/aromatic N) is 2. The molecule has 222 valence electrons. The quantitative estimate of drug-likeness (QED) is 0.0931. The molecule has 0 bridgehead atoms. The second-order valence-corrected chi connectivity index (χ2v) is 13.3. The Balaban J connectivity index is 0.00000588. The Hall–Kier alpha value is -2.59. The van der Waals surface area contributed by atoms with Crippen molar-refractivity contribution in [2.45, 2.75) is 59.2 Å². The molecule has 0 aliphatic rings. The summed E-state index contributed by atoms with van der Waals surface area (Å²) < 4.78 is 26.5. The highest BCUT2D eigenvalue weighted by atomic mass is 32.7.